The van der Waals surface area contributed by atoms with Crippen LogP contribution in [0.5, 0.6) is 0 Å². The van der Waals surface area contributed by atoms with Crippen LogP contribution < -0.4 is 0 Å². The van der Waals surface area contributed by atoms with Crippen LogP contribution in [0.25, 0.3) is 5.57 Å². The second-order valence-electron chi connectivity index (χ2n) is 7.42. The first-order valence-corrected chi connectivity index (χ1v) is 8.96. The molecule has 0 saturated carbocycles. The minimum atomic E-state index is 0.103. The second-order valence-corrected chi connectivity index (χ2v) is 7.86. The maximum atomic E-state index is 12.1. The summed E-state index contributed by atoms with van der Waals surface area (Å²) in [6, 6.07) is 12.2. The summed E-state index contributed by atoms with van der Waals surface area (Å²) in [6.07, 6.45) is 5.08. The number of pyridine rings is 1. The summed E-state index contributed by atoms with van der Waals surface area (Å²) in [5.41, 5.74) is 4.17. The van der Waals surface area contributed by atoms with Gasteiger partial charge in [-0.05, 0) is 35.1 Å². The molecule has 0 N–H and O–H groups in total. The predicted molar refractivity (Wildman–Crippen MR) is 102 cm³/mol. The van der Waals surface area contributed by atoms with E-state index in [0.29, 0.717) is 11.4 Å². The number of rotatable bonds is 3. The first-order chi connectivity index (χ1) is 11.8. The number of benzene rings is 1. The minimum Gasteiger partial charge on any atom is -0.318 e. The Morgan fingerprint density at radius 3 is 2.40 bits per heavy atom. The van der Waals surface area contributed by atoms with E-state index in [2.05, 4.69) is 50.0 Å². The van der Waals surface area contributed by atoms with Crippen LogP contribution >= 0.6 is 11.6 Å². The summed E-state index contributed by atoms with van der Waals surface area (Å²) in [6.45, 7) is 7.35. The lowest BCUT2D eigenvalue weighted by Gasteiger charge is -2.20. The highest BCUT2D eigenvalue weighted by Gasteiger charge is 2.20. The highest BCUT2D eigenvalue weighted by Crippen LogP contribution is 2.28. The van der Waals surface area contributed by atoms with Crippen molar-refractivity contribution in [3.05, 3.63) is 70.6 Å². The van der Waals surface area contributed by atoms with E-state index >= 15 is 0 Å². The van der Waals surface area contributed by atoms with Crippen molar-refractivity contribution in [1.82, 2.24) is 9.88 Å². The third-order valence-corrected chi connectivity index (χ3v) is 4.68. The summed E-state index contributed by atoms with van der Waals surface area (Å²) in [5, 5.41) is 0.600. The van der Waals surface area contributed by atoms with Gasteiger partial charge in [-0.3, -0.25) is 9.78 Å². The number of amides is 1. The molecule has 1 amide bonds. The van der Waals surface area contributed by atoms with Gasteiger partial charge in [0.2, 0.25) is 5.91 Å². The first kappa shape index (κ1) is 17.7. The molecule has 1 aromatic heterocycles. The van der Waals surface area contributed by atoms with E-state index < -0.39 is 0 Å². The molecule has 0 unspecified atom stereocenters. The largest absolute Gasteiger partial charge is 0.318 e. The highest BCUT2D eigenvalue weighted by atomic mass is 35.5. The van der Waals surface area contributed by atoms with Crippen molar-refractivity contribution in [3.8, 4) is 0 Å². The van der Waals surface area contributed by atoms with E-state index in [1.165, 1.54) is 5.56 Å². The van der Waals surface area contributed by atoms with Gasteiger partial charge in [-0.1, -0.05) is 56.6 Å². The van der Waals surface area contributed by atoms with Gasteiger partial charge >= 0.3 is 0 Å². The van der Waals surface area contributed by atoms with Crippen LogP contribution in [-0.2, 0) is 10.2 Å². The first-order valence-electron chi connectivity index (χ1n) is 8.59. The Balaban J connectivity index is 2.03. The monoisotopic (exact) mass is 354 g/mol. The van der Waals surface area contributed by atoms with Crippen molar-refractivity contribution < 1.29 is 4.79 Å². The molecule has 0 radical (unpaired) electrons. The lowest BCUT2D eigenvalue weighted by Crippen LogP contribution is -2.18. The minimum absolute atomic E-state index is 0.103. The van der Waals surface area contributed by atoms with E-state index in [-0.39, 0.29) is 11.3 Å². The summed E-state index contributed by atoms with van der Waals surface area (Å²) in [5.74, 6) is 0.165. The van der Waals surface area contributed by atoms with Crippen LogP contribution in [0.2, 0.25) is 5.02 Å². The Kier molecular flexibility index (Phi) is 4.96. The highest BCUT2D eigenvalue weighted by molar-refractivity contribution is 6.30. The zero-order valence-corrected chi connectivity index (χ0v) is 15.7. The van der Waals surface area contributed by atoms with Crippen molar-refractivity contribution in [2.75, 3.05) is 6.54 Å². The summed E-state index contributed by atoms with van der Waals surface area (Å²) in [4.78, 5) is 18.3. The van der Waals surface area contributed by atoms with E-state index in [9.17, 15) is 4.79 Å². The van der Waals surface area contributed by atoms with Crippen LogP contribution in [0, 0.1) is 0 Å². The van der Waals surface area contributed by atoms with Gasteiger partial charge in [-0.15, -0.1) is 0 Å². The van der Waals surface area contributed by atoms with Crippen molar-refractivity contribution >= 4 is 23.1 Å². The molecule has 1 saturated heterocycles. The molecule has 0 spiro atoms. The molecule has 1 aliphatic heterocycles. The molecule has 1 aromatic carbocycles. The molecular weight excluding hydrogens is 332 g/mol. The molecule has 3 nitrogen and oxygen atoms in total. The number of carbonyl (C=O) groups excluding carboxylic acids is 1. The van der Waals surface area contributed by atoms with Gasteiger partial charge < -0.3 is 4.90 Å². The normalized spacial score (nSPS) is 15.8. The van der Waals surface area contributed by atoms with Crippen molar-refractivity contribution in [3.63, 3.8) is 0 Å². The Labute approximate surface area is 154 Å². The van der Waals surface area contributed by atoms with Gasteiger partial charge in [-0.2, -0.15) is 0 Å². The van der Waals surface area contributed by atoms with Crippen LogP contribution in [0.4, 0.5) is 0 Å². The van der Waals surface area contributed by atoms with E-state index in [1.807, 2.05) is 18.3 Å². The predicted octanol–water partition coefficient (Wildman–Crippen LogP) is 5.04. The average molecular weight is 355 g/mol. The Hall–Kier alpha value is -2.13. The molecule has 4 heteroatoms. The summed E-state index contributed by atoms with van der Waals surface area (Å²) >= 11 is 5.98. The van der Waals surface area contributed by atoms with Crippen LogP contribution in [0.1, 0.15) is 50.4 Å². The molecule has 0 aliphatic carbocycles. The van der Waals surface area contributed by atoms with Gasteiger partial charge in [0, 0.05) is 30.9 Å². The Bertz CT molecular complexity index is 786. The molecule has 2 aromatic rings. The Morgan fingerprint density at radius 1 is 1.16 bits per heavy atom. The molecule has 1 aliphatic rings. The zero-order chi connectivity index (χ0) is 18.0. The molecule has 0 bridgehead atoms. The summed E-state index contributed by atoms with van der Waals surface area (Å²) < 4.78 is 0. The van der Waals surface area contributed by atoms with Gasteiger partial charge in [0.25, 0.3) is 0 Å². The standard InChI is InChI=1S/C21H23ClN2O/c1-21(2,3)16-8-6-15(7-9-16)18(14-24-12-4-5-20(24)25)19-11-10-17(22)13-23-19/h6-11,13-14H,4-5,12H2,1-3H3/b18-14+. The van der Waals surface area contributed by atoms with E-state index in [0.717, 1.165) is 29.8 Å². The smallest absolute Gasteiger partial charge is 0.226 e. The zero-order valence-electron chi connectivity index (χ0n) is 14.9. The molecule has 2 heterocycles. The average Bonchev–Trinajstić information content (AvgIpc) is 2.98. The lowest BCUT2D eigenvalue weighted by molar-refractivity contribution is -0.125. The fourth-order valence-electron chi connectivity index (χ4n) is 2.93. The number of halogens is 1. The number of nitrogens with zero attached hydrogens (tertiary/aromatic N) is 2. The number of carbonyl (C=O) groups is 1. The SMILES string of the molecule is CC(C)(C)c1ccc(/C(=C\N2CCCC2=O)c2ccc(Cl)cn2)cc1. The number of aromatic nitrogens is 1. The Morgan fingerprint density at radius 2 is 1.88 bits per heavy atom. The number of likely N-dealkylation sites (tertiary alicyclic amines) is 1. The molecule has 130 valence electrons. The molecule has 0 atom stereocenters. The topological polar surface area (TPSA) is 33.2 Å². The van der Waals surface area contributed by atoms with Gasteiger partial charge in [-0.25, -0.2) is 0 Å². The van der Waals surface area contributed by atoms with Gasteiger partial charge in [0.1, 0.15) is 0 Å². The van der Waals surface area contributed by atoms with Crippen molar-refractivity contribution in [1.29, 1.82) is 0 Å². The second kappa shape index (κ2) is 7.01. The summed E-state index contributed by atoms with van der Waals surface area (Å²) in [7, 11) is 0. The van der Waals surface area contributed by atoms with Crippen LogP contribution in [0.15, 0.2) is 48.8 Å². The molecule has 1 fully saturated rings. The molecule has 25 heavy (non-hydrogen) atoms. The fraction of sp³-hybridized carbons (Fsp3) is 0.333. The molecular formula is C21H23ClN2O. The van der Waals surface area contributed by atoms with Crippen molar-refractivity contribution in [2.24, 2.45) is 0 Å². The van der Waals surface area contributed by atoms with Crippen LogP contribution in [-0.4, -0.2) is 22.3 Å². The van der Waals surface area contributed by atoms with Crippen molar-refractivity contribution in [2.45, 2.75) is 39.0 Å². The van der Waals surface area contributed by atoms with E-state index in [1.54, 1.807) is 11.1 Å². The quantitative estimate of drug-likeness (QED) is 0.773. The van der Waals surface area contributed by atoms with E-state index in [4.69, 9.17) is 11.6 Å². The third kappa shape index (κ3) is 4.10. The fourth-order valence-corrected chi connectivity index (χ4v) is 3.05. The molecule has 3 rings (SSSR count). The van der Waals surface area contributed by atoms with Gasteiger partial charge in [0.15, 0.2) is 0 Å². The maximum absolute atomic E-state index is 12.1. The number of hydrogen-bond donors (Lipinski definition) is 0. The third-order valence-electron chi connectivity index (χ3n) is 4.46. The lowest BCUT2D eigenvalue weighted by atomic mass is 9.86. The number of hydrogen-bond acceptors (Lipinski definition) is 2. The van der Waals surface area contributed by atoms with Gasteiger partial charge in [0.05, 0.1) is 10.7 Å². The van der Waals surface area contributed by atoms with Crippen LogP contribution in [0.3, 0.4) is 0 Å². The maximum Gasteiger partial charge on any atom is 0.226 e.